The molecule has 0 fully saturated rings. The van der Waals surface area contributed by atoms with Crippen molar-refractivity contribution in [1.82, 2.24) is 20.4 Å². The average molecular weight is 354 g/mol. The van der Waals surface area contributed by atoms with Crippen LogP contribution in [0.4, 0.5) is 13.2 Å². The molecule has 6 nitrogen and oxygen atoms in total. The van der Waals surface area contributed by atoms with E-state index < -0.39 is 35.8 Å². The lowest BCUT2D eigenvalue weighted by atomic mass is 10.1. The Morgan fingerprint density at radius 3 is 2.48 bits per heavy atom. The Labute approximate surface area is 142 Å². The molecule has 0 unspecified atom stereocenters. The summed E-state index contributed by atoms with van der Waals surface area (Å²) in [5, 5.41) is 8.00. The van der Waals surface area contributed by atoms with E-state index in [1.165, 1.54) is 7.05 Å². The molecule has 0 saturated carbocycles. The number of rotatable bonds is 6. The van der Waals surface area contributed by atoms with Gasteiger partial charge in [0.15, 0.2) is 5.69 Å². The van der Waals surface area contributed by atoms with Crippen molar-refractivity contribution < 1.29 is 22.8 Å². The van der Waals surface area contributed by atoms with Gasteiger partial charge in [0.25, 0.3) is 5.91 Å². The van der Waals surface area contributed by atoms with Crippen molar-refractivity contribution in [3.05, 3.63) is 53.3 Å². The normalized spacial score (nSPS) is 11.2. The maximum Gasteiger partial charge on any atom is 0.435 e. The highest BCUT2D eigenvalue weighted by molar-refractivity contribution is 5.97. The fraction of sp³-hybridized carbons (Fsp3) is 0.312. The molecular formula is C16H17F3N4O2. The van der Waals surface area contributed by atoms with E-state index in [0.717, 1.165) is 16.4 Å². The Hall–Kier alpha value is -2.84. The zero-order valence-electron chi connectivity index (χ0n) is 13.4. The minimum absolute atomic E-state index is 0.361. The molecule has 25 heavy (non-hydrogen) atoms. The standard InChI is InChI=1S/C16H17F3N4O2/c1-23-10-12(14(22-23)16(17,18)19)15(25)21-9-13(24)20-8-7-11-5-3-2-4-6-11/h2-6,10H,7-9H2,1H3,(H,20,24)(H,21,25). The van der Waals surface area contributed by atoms with E-state index in [4.69, 9.17) is 0 Å². The zero-order chi connectivity index (χ0) is 18.4. The summed E-state index contributed by atoms with van der Waals surface area (Å²) < 4.78 is 39.3. The van der Waals surface area contributed by atoms with Gasteiger partial charge in [0.2, 0.25) is 5.91 Å². The molecular weight excluding hydrogens is 337 g/mol. The first-order valence-electron chi connectivity index (χ1n) is 7.47. The number of halogens is 3. The summed E-state index contributed by atoms with van der Waals surface area (Å²) in [6.45, 7) is -0.0563. The van der Waals surface area contributed by atoms with Gasteiger partial charge in [0, 0.05) is 19.8 Å². The van der Waals surface area contributed by atoms with Crippen molar-refractivity contribution in [3.63, 3.8) is 0 Å². The fourth-order valence-electron chi connectivity index (χ4n) is 2.17. The molecule has 9 heteroatoms. The van der Waals surface area contributed by atoms with Crippen LogP contribution in [0, 0.1) is 0 Å². The minimum Gasteiger partial charge on any atom is -0.354 e. The Bertz CT molecular complexity index is 742. The number of alkyl halides is 3. The SMILES string of the molecule is Cn1cc(C(=O)NCC(=O)NCCc2ccccc2)c(C(F)(F)F)n1. The third kappa shape index (κ3) is 5.33. The van der Waals surface area contributed by atoms with Crippen LogP contribution in [-0.4, -0.2) is 34.7 Å². The summed E-state index contributed by atoms with van der Waals surface area (Å²) in [6.07, 6.45) is -3.17. The summed E-state index contributed by atoms with van der Waals surface area (Å²) >= 11 is 0. The molecule has 1 aromatic carbocycles. The topological polar surface area (TPSA) is 76.0 Å². The smallest absolute Gasteiger partial charge is 0.354 e. The number of hydrogen-bond donors (Lipinski definition) is 2. The third-order valence-electron chi connectivity index (χ3n) is 3.33. The molecule has 1 aromatic heterocycles. The van der Waals surface area contributed by atoms with Gasteiger partial charge in [-0.1, -0.05) is 30.3 Å². The number of amides is 2. The van der Waals surface area contributed by atoms with Gasteiger partial charge < -0.3 is 10.6 Å². The molecule has 2 aromatic rings. The van der Waals surface area contributed by atoms with E-state index in [9.17, 15) is 22.8 Å². The van der Waals surface area contributed by atoms with Crippen molar-refractivity contribution in [2.75, 3.05) is 13.1 Å². The van der Waals surface area contributed by atoms with Crippen molar-refractivity contribution in [2.24, 2.45) is 7.05 Å². The van der Waals surface area contributed by atoms with E-state index in [1.807, 2.05) is 30.3 Å². The Balaban J connectivity index is 1.83. The van der Waals surface area contributed by atoms with Gasteiger partial charge in [-0.15, -0.1) is 0 Å². The monoisotopic (exact) mass is 354 g/mol. The number of hydrogen-bond acceptors (Lipinski definition) is 3. The van der Waals surface area contributed by atoms with Crippen molar-refractivity contribution >= 4 is 11.8 Å². The van der Waals surface area contributed by atoms with Crippen LogP contribution in [0.25, 0.3) is 0 Å². The van der Waals surface area contributed by atoms with Crippen molar-refractivity contribution in [3.8, 4) is 0 Å². The third-order valence-corrected chi connectivity index (χ3v) is 3.33. The number of nitrogens with zero attached hydrogens (tertiary/aromatic N) is 2. The fourth-order valence-corrected chi connectivity index (χ4v) is 2.17. The molecule has 134 valence electrons. The molecule has 0 radical (unpaired) electrons. The summed E-state index contributed by atoms with van der Waals surface area (Å²) in [5.41, 5.74) is -0.860. The number of carbonyl (C=O) groups excluding carboxylic acids is 2. The Morgan fingerprint density at radius 2 is 1.84 bits per heavy atom. The first-order chi connectivity index (χ1) is 11.8. The Kier molecular flexibility index (Phi) is 5.79. The van der Waals surface area contributed by atoms with E-state index in [-0.39, 0.29) is 0 Å². The van der Waals surface area contributed by atoms with E-state index in [2.05, 4.69) is 15.7 Å². The van der Waals surface area contributed by atoms with Crippen LogP contribution in [0.15, 0.2) is 36.5 Å². The summed E-state index contributed by atoms with van der Waals surface area (Å²) in [6, 6.07) is 9.46. The summed E-state index contributed by atoms with van der Waals surface area (Å²) in [4.78, 5) is 23.6. The molecule has 1 heterocycles. The number of aromatic nitrogens is 2. The molecule has 0 saturated heterocycles. The molecule has 0 aliphatic carbocycles. The predicted octanol–water partition coefficient (Wildman–Crippen LogP) is 1.53. The van der Waals surface area contributed by atoms with Crippen LogP contribution in [-0.2, 0) is 24.4 Å². The maximum atomic E-state index is 12.8. The lowest BCUT2D eigenvalue weighted by Crippen LogP contribution is -2.38. The first-order valence-corrected chi connectivity index (χ1v) is 7.47. The molecule has 2 amide bonds. The van der Waals surface area contributed by atoms with Crippen molar-refractivity contribution in [2.45, 2.75) is 12.6 Å². The lowest BCUT2D eigenvalue weighted by molar-refractivity contribution is -0.141. The first kappa shape index (κ1) is 18.5. The summed E-state index contributed by atoms with van der Waals surface area (Å²) in [7, 11) is 1.28. The second-order valence-corrected chi connectivity index (χ2v) is 5.33. The van der Waals surface area contributed by atoms with Gasteiger partial charge in [-0.3, -0.25) is 14.3 Å². The van der Waals surface area contributed by atoms with E-state index in [0.29, 0.717) is 13.0 Å². The molecule has 0 atom stereocenters. The van der Waals surface area contributed by atoms with Crippen LogP contribution in [0.1, 0.15) is 21.6 Å². The van der Waals surface area contributed by atoms with Crippen LogP contribution in [0.3, 0.4) is 0 Å². The predicted molar refractivity (Wildman–Crippen MR) is 83.7 cm³/mol. The van der Waals surface area contributed by atoms with E-state index in [1.54, 1.807) is 0 Å². The van der Waals surface area contributed by atoms with Crippen LogP contribution < -0.4 is 10.6 Å². The van der Waals surface area contributed by atoms with Crippen LogP contribution in [0.5, 0.6) is 0 Å². The number of nitrogens with one attached hydrogen (secondary N) is 2. The molecule has 0 aliphatic heterocycles. The highest BCUT2D eigenvalue weighted by atomic mass is 19.4. The molecule has 2 N–H and O–H groups in total. The number of aryl methyl sites for hydroxylation is 1. The highest BCUT2D eigenvalue weighted by Crippen LogP contribution is 2.30. The van der Waals surface area contributed by atoms with Gasteiger partial charge >= 0.3 is 6.18 Å². The molecule has 0 bridgehead atoms. The quantitative estimate of drug-likeness (QED) is 0.826. The van der Waals surface area contributed by atoms with Crippen molar-refractivity contribution in [1.29, 1.82) is 0 Å². The molecule has 0 spiro atoms. The van der Waals surface area contributed by atoms with E-state index >= 15 is 0 Å². The van der Waals surface area contributed by atoms with Gasteiger partial charge in [-0.2, -0.15) is 18.3 Å². The molecule has 2 rings (SSSR count). The van der Waals surface area contributed by atoms with Gasteiger partial charge in [-0.05, 0) is 12.0 Å². The zero-order valence-corrected chi connectivity index (χ0v) is 13.4. The second-order valence-electron chi connectivity index (χ2n) is 5.33. The van der Waals surface area contributed by atoms with Crippen LogP contribution in [0.2, 0.25) is 0 Å². The second kappa shape index (κ2) is 7.82. The van der Waals surface area contributed by atoms with Gasteiger partial charge in [0.1, 0.15) is 0 Å². The number of benzene rings is 1. The average Bonchev–Trinajstić information content (AvgIpc) is 2.96. The highest BCUT2D eigenvalue weighted by Gasteiger charge is 2.38. The number of carbonyl (C=O) groups is 2. The Morgan fingerprint density at radius 1 is 1.16 bits per heavy atom. The minimum atomic E-state index is -4.74. The summed E-state index contributed by atoms with van der Waals surface area (Å²) in [5.74, 6) is -1.49. The molecule has 0 aliphatic rings. The van der Waals surface area contributed by atoms with Gasteiger partial charge in [-0.25, -0.2) is 0 Å². The maximum absolute atomic E-state index is 12.8. The van der Waals surface area contributed by atoms with Crippen LogP contribution >= 0.6 is 0 Å². The van der Waals surface area contributed by atoms with Gasteiger partial charge in [0.05, 0.1) is 12.1 Å². The lowest BCUT2D eigenvalue weighted by Gasteiger charge is -2.08. The largest absolute Gasteiger partial charge is 0.435 e.